The molecule has 96 valence electrons. The quantitative estimate of drug-likeness (QED) is 0.910. The molecule has 1 aromatic carbocycles. The Morgan fingerprint density at radius 1 is 1.37 bits per heavy atom. The smallest absolute Gasteiger partial charge is 0.140 e. The second kappa shape index (κ2) is 5.98. The molecule has 0 radical (unpaired) electrons. The molecule has 0 aliphatic carbocycles. The van der Waals surface area contributed by atoms with Crippen molar-refractivity contribution >= 4 is 0 Å². The number of nitrogens with zero attached hydrogens (tertiary/aromatic N) is 2. The van der Waals surface area contributed by atoms with Gasteiger partial charge in [-0.05, 0) is 42.3 Å². The number of nitriles is 1. The third-order valence-electron chi connectivity index (χ3n) is 2.68. The third kappa shape index (κ3) is 3.54. The summed E-state index contributed by atoms with van der Waals surface area (Å²) in [5.74, 6) is 0.689. The van der Waals surface area contributed by atoms with Crippen molar-refractivity contribution in [2.75, 3.05) is 0 Å². The number of ether oxygens (including phenoxy) is 1. The molecular formula is C15H14N2O2. The number of pyridine rings is 1. The van der Waals surface area contributed by atoms with E-state index in [2.05, 4.69) is 4.98 Å². The molecule has 0 bridgehead atoms. The largest absolute Gasteiger partial charge is 0.489 e. The Morgan fingerprint density at radius 3 is 2.95 bits per heavy atom. The van der Waals surface area contributed by atoms with Gasteiger partial charge in [-0.2, -0.15) is 5.26 Å². The molecule has 1 heterocycles. The van der Waals surface area contributed by atoms with Crippen molar-refractivity contribution in [1.82, 2.24) is 4.98 Å². The zero-order valence-corrected chi connectivity index (χ0v) is 10.6. The van der Waals surface area contributed by atoms with E-state index in [0.717, 1.165) is 11.1 Å². The van der Waals surface area contributed by atoms with Gasteiger partial charge in [-0.15, -0.1) is 0 Å². The SMILES string of the molecule is CC(O)c1cccc(OCc2ccnc(C#N)c2)c1. The molecule has 0 saturated carbocycles. The highest BCUT2D eigenvalue weighted by Gasteiger charge is 2.03. The fraction of sp³-hybridized carbons (Fsp3) is 0.200. The highest BCUT2D eigenvalue weighted by Crippen LogP contribution is 2.19. The average molecular weight is 254 g/mol. The molecule has 19 heavy (non-hydrogen) atoms. The van der Waals surface area contributed by atoms with Crippen LogP contribution in [0.2, 0.25) is 0 Å². The summed E-state index contributed by atoms with van der Waals surface area (Å²) in [4.78, 5) is 3.90. The molecule has 1 N–H and O–H groups in total. The van der Waals surface area contributed by atoms with Gasteiger partial charge in [0.25, 0.3) is 0 Å². The summed E-state index contributed by atoms with van der Waals surface area (Å²) in [6.45, 7) is 2.07. The minimum Gasteiger partial charge on any atom is -0.489 e. The Labute approximate surface area is 111 Å². The van der Waals surface area contributed by atoms with E-state index in [-0.39, 0.29) is 0 Å². The minimum absolute atomic E-state index is 0.362. The molecule has 2 rings (SSSR count). The lowest BCUT2D eigenvalue weighted by Crippen LogP contribution is -1.98. The van der Waals surface area contributed by atoms with Gasteiger partial charge in [0.15, 0.2) is 0 Å². The van der Waals surface area contributed by atoms with Crippen molar-refractivity contribution in [2.24, 2.45) is 0 Å². The fourth-order valence-electron chi connectivity index (χ4n) is 1.66. The van der Waals surface area contributed by atoms with Crippen molar-refractivity contribution in [3.63, 3.8) is 0 Å². The van der Waals surface area contributed by atoms with Crippen LogP contribution < -0.4 is 4.74 Å². The number of hydrogen-bond acceptors (Lipinski definition) is 4. The van der Waals surface area contributed by atoms with Gasteiger partial charge in [-0.3, -0.25) is 0 Å². The lowest BCUT2D eigenvalue weighted by Gasteiger charge is -2.09. The molecule has 0 saturated heterocycles. The molecule has 0 spiro atoms. The Morgan fingerprint density at radius 2 is 2.21 bits per heavy atom. The maximum atomic E-state index is 9.50. The summed E-state index contributed by atoms with van der Waals surface area (Å²) < 4.78 is 5.63. The molecule has 0 fully saturated rings. The zero-order valence-electron chi connectivity index (χ0n) is 10.6. The second-order valence-corrected chi connectivity index (χ2v) is 4.20. The monoisotopic (exact) mass is 254 g/mol. The number of rotatable bonds is 4. The van der Waals surface area contributed by atoms with E-state index in [1.54, 1.807) is 31.3 Å². The zero-order chi connectivity index (χ0) is 13.7. The van der Waals surface area contributed by atoms with Crippen LogP contribution in [-0.4, -0.2) is 10.1 Å². The maximum absolute atomic E-state index is 9.50. The summed E-state index contributed by atoms with van der Waals surface area (Å²) in [5, 5.41) is 18.3. The molecule has 0 aliphatic heterocycles. The van der Waals surface area contributed by atoms with Crippen molar-refractivity contribution in [2.45, 2.75) is 19.6 Å². The van der Waals surface area contributed by atoms with Crippen molar-refractivity contribution in [1.29, 1.82) is 5.26 Å². The first-order valence-electron chi connectivity index (χ1n) is 5.95. The van der Waals surface area contributed by atoms with Crippen LogP contribution in [0.25, 0.3) is 0 Å². The third-order valence-corrected chi connectivity index (χ3v) is 2.68. The van der Waals surface area contributed by atoms with Gasteiger partial charge in [0, 0.05) is 6.20 Å². The van der Waals surface area contributed by atoms with E-state index >= 15 is 0 Å². The van der Waals surface area contributed by atoms with Crippen molar-refractivity contribution in [3.05, 3.63) is 59.4 Å². The molecule has 0 amide bonds. The summed E-state index contributed by atoms with van der Waals surface area (Å²) in [5.41, 5.74) is 2.07. The van der Waals surface area contributed by atoms with Crippen LogP contribution in [0.4, 0.5) is 0 Å². The van der Waals surface area contributed by atoms with Crippen molar-refractivity contribution in [3.8, 4) is 11.8 Å². The van der Waals surface area contributed by atoms with Gasteiger partial charge in [0.05, 0.1) is 6.10 Å². The summed E-state index contributed by atoms with van der Waals surface area (Å²) in [7, 11) is 0. The van der Waals surface area contributed by atoms with Crippen LogP contribution >= 0.6 is 0 Å². The molecular weight excluding hydrogens is 240 g/mol. The second-order valence-electron chi connectivity index (χ2n) is 4.20. The lowest BCUT2D eigenvalue weighted by molar-refractivity contribution is 0.198. The standard InChI is InChI=1S/C15H14N2O2/c1-11(18)13-3-2-4-15(8-13)19-10-12-5-6-17-14(7-12)9-16/h2-8,11,18H,10H2,1H3. The summed E-state index contributed by atoms with van der Waals surface area (Å²) in [6, 6.07) is 12.8. The van der Waals surface area contributed by atoms with Gasteiger partial charge in [0.1, 0.15) is 24.1 Å². The molecule has 2 aromatic rings. The van der Waals surface area contributed by atoms with Crippen LogP contribution in [0.5, 0.6) is 5.75 Å². The first kappa shape index (κ1) is 13.1. The summed E-state index contributed by atoms with van der Waals surface area (Å²) in [6.07, 6.45) is 1.07. The number of aromatic nitrogens is 1. The predicted molar refractivity (Wildman–Crippen MR) is 70.4 cm³/mol. The number of aliphatic hydroxyl groups is 1. The molecule has 1 unspecified atom stereocenters. The predicted octanol–water partition coefficient (Wildman–Crippen LogP) is 2.59. The topological polar surface area (TPSA) is 66.1 Å². The highest BCUT2D eigenvalue weighted by molar-refractivity contribution is 5.30. The molecule has 4 heteroatoms. The van der Waals surface area contributed by atoms with Crippen LogP contribution in [0.3, 0.4) is 0 Å². The van der Waals surface area contributed by atoms with Gasteiger partial charge >= 0.3 is 0 Å². The Balaban J connectivity index is 2.06. The number of hydrogen-bond donors (Lipinski definition) is 1. The highest BCUT2D eigenvalue weighted by atomic mass is 16.5. The van der Waals surface area contributed by atoms with Crippen molar-refractivity contribution < 1.29 is 9.84 Å². The fourth-order valence-corrected chi connectivity index (χ4v) is 1.66. The first-order valence-corrected chi connectivity index (χ1v) is 5.95. The Hall–Kier alpha value is -2.38. The van der Waals surface area contributed by atoms with Crippen LogP contribution in [0.15, 0.2) is 42.6 Å². The molecule has 1 atom stereocenters. The van der Waals surface area contributed by atoms with Gasteiger partial charge in [-0.1, -0.05) is 12.1 Å². The summed E-state index contributed by atoms with van der Waals surface area (Å²) >= 11 is 0. The lowest BCUT2D eigenvalue weighted by atomic mass is 10.1. The van der Waals surface area contributed by atoms with E-state index in [0.29, 0.717) is 18.1 Å². The normalized spacial score (nSPS) is 11.6. The maximum Gasteiger partial charge on any atom is 0.140 e. The minimum atomic E-state index is -0.519. The average Bonchev–Trinajstić information content (AvgIpc) is 2.45. The van der Waals surface area contributed by atoms with E-state index in [4.69, 9.17) is 10.00 Å². The van der Waals surface area contributed by atoms with E-state index in [1.165, 1.54) is 0 Å². The molecule has 0 aliphatic rings. The van der Waals surface area contributed by atoms with E-state index in [1.807, 2.05) is 24.3 Å². The van der Waals surface area contributed by atoms with Crippen LogP contribution in [-0.2, 0) is 6.61 Å². The number of aliphatic hydroxyl groups excluding tert-OH is 1. The van der Waals surface area contributed by atoms with Crippen LogP contribution in [0, 0.1) is 11.3 Å². The Bertz CT molecular complexity index is 603. The Kier molecular flexibility index (Phi) is 4.11. The molecule has 1 aromatic heterocycles. The van der Waals surface area contributed by atoms with E-state index < -0.39 is 6.10 Å². The first-order chi connectivity index (χ1) is 9.19. The van der Waals surface area contributed by atoms with Gasteiger partial charge < -0.3 is 9.84 Å². The van der Waals surface area contributed by atoms with Crippen LogP contribution in [0.1, 0.15) is 29.8 Å². The molecule has 4 nitrogen and oxygen atoms in total. The number of benzene rings is 1. The van der Waals surface area contributed by atoms with E-state index in [9.17, 15) is 5.11 Å². The van der Waals surface area contributed by atoms with Gasteiger partial charge in [0.2, 0.25) is 0 Å². The van der Waals surface area contributed by atoms with Gasteiger partial charge in [-0.25, -0.2) is 4.98 Å².